The lowest BCUT2D eigenvalue weighted by molar-refractivity contribution is -0.384. The number of benzene rings is 2. The molecule has 2 aromatic carbocycles. The molecule has 0 saturated carbocycles. The number of halogens is 1. The first kappa shape index (κ1) is 21.5. The van der Waals surface area contributed by atoms with Crippen molar-refractivity contribution in [3.8, 4) is 0 Å². The van der Waals surface area contributed by atoms with Crippen molar-refractivity contribution in [3.63, 3.8) is 0 Å². The minimum Gasteiger partial charge on any atom is -0.258 e. The molecule has 0 aromatic heterocycles. The quantitative estimate of drug-likeness (QED) is 0.149. The second-order valence-corrected chi connectivity index (χ2v) is 9.39. The molecule has 0 heterocycles. The lowest BCUT2D eigenvalue weighted by Gasteiger charge is -2.06. The summed E-state index contributed by atoms with van der Waals surface area (Å²) < 4.78 is 29.4. The van der Waals surface area contributed by atoms with Crippen molar-refractivity contribution >= 4 is 55.2 Å². The van der Waals surface area contributed by atoms with Gasteiger partial charge >= 0.3 is 0 Å². The van der Waals surface area contributed by atoms with E-state index in [0.29, 0.717) is 15.2 Å². The van der Waals surface area contributed by atoms with Crippen LogP contribution in [0.2, 0.25) is 5.02 Å². The molecule has 142 valence electrons. The fraction of sp³-hybridized carbons (Fsp3) is 0.118. The van der Waals surface area contributed by atoms with E-state index in [1.54, 1.807) is 24.3 Å². The van der Waals surface area contributed by atoms with Crippen LogP contribution in [0.1, 0.15) is 6.92 Å². The molecule has 0 unspecified atom stereocenters. The Balaban J connectivity index is 2.31. The molecule has 27 heavy (non-hydrogen) atoms. The largest absolute Gasteiger partial charge is 0.283 e. The topological polar surface area (TPSA) is 89.6 Å². The van der Waals surface area contributed by atoms with Crippen LogP contribution in [0.5, 0.6) is 0 Å². The lowest BCUT2D eigenvalue weighted by Crippen LogP contribution is -2.01. The summed E-state index contributed by atoms with van der Waals surface area (Å²) in [5.41, 5.74) is -0.184. The van der Waals surface area contributed by atoms with Gasteiger partial charge in [0.05, 0.1) is 9.82 Å². The molecule has 0 amide bonds. The van der Waals surface area contributed by atoms with Gasteiger partial charge in [0.2, 0.25) is 0 Å². The van der Waals surface area contributed by atoms with Crippen molar-refractivity contribution in [2.45, 2.75) is 16.7 Å². The van der Waals surface area contributed by atoms with Gasteiger partial charge in [0, 0.05) is 27.8 Å². The Hall–Kier alpha value is -1.81. The number of nitro benzene ring substituents is 1. The van der Waals surface area contributed by atoms with Gasteiger partial charge in [0.1, 0.15) is 4.38 Å². The molecule has 2 aromatic rings. The normalized spacial score (nSPS) is 12.4. The van der Waals surface area contributed by atoms with Gasteiger partial charge in [-0.2, -0.15) is 8.42 Å². The molecule has 0 bridgehead atoms. The number of hydrogen-bond donors (Lipinski definition) is 0. The molecule has 10 heteroatoms. The molecular formula is C17H15ClN2O4S3. The minimum atomic E-state index is -3.99. The Kier molecular flexibility index (Phi) is 7.91. The van der Waals surface area contributed by atoms with Gasteiger partial charge in [-0.15, -0.1) is 4.40 Å². The first-order chi connectivity index (χ1) is 12.8. The van der Waals surface area contributed by atoms with Crippen LogP contribution in [0.15, 0.2) is 74.9 Å². The van der Waals surface area contributed by atoms with Gasteiger partial charge in [0.15, 0.2) is 0 Å². The number of nitro groups is 1. The summed E-state index contributed by atoms with van der Waals surface area (Å²) in [4.78, 5) is 10.8. The zero-order chi connectivity index (χ0) is 19.9. The highest BCUT2D eigenvalue weighted by Crippen LogP contribution is 2.29. The fourth-order valence-electron chi connectivity index (χ4n) is 1.78. The minimum absolute atomic E-state index is 0.103. The van der Waals surface area contributed by atoms with E-state index in [4.69, 9.17) is 11.6 Å². The summed E-state index contributed by atoms with van der Waals surface area (Å²) in [7, 11) is -3.99. The number of hydrogen-bond acceptors (Lipinski definition) is 6. The SMILES string of the molecule is CC=CCSC(=NS(=O)(=O)c1ccc([N+](=O)[O-])cc1)Sc1ccc(Cl)cc1. The first-order valence-corrected chi connectivity index (χ1v) is 11.2. The van der Waals surface area contributed by atoms with E-state index in [0.717, 1.165) is 17.0 Å². The maximum Gasteiger partial charge on any atom is 0.283 e. The highest BCUT2D eigenvalue weighted by molar-refractivity contribution is 8.39. The van der Waals surface area contributed by atoms with Gasteiger partial charge in [0.25, 0.3) is 15.7 Å². The van der Waals surface area contributed by atoms with E-state index in [2.05, 4.69) is 4.40 Å². The molecule has 0 fully saturated rings. The van der Waals surface area contributed by atoms with Crippen molar-refractivity contribution in [1.82, 2.24) is 0 Å². The van der Waals surface area contributed by atoms with Gasteiger partial charge < -0.3 is 0 Å². The highest BCUT2D eigenvalue weighted by Gasteiger charge is 2.17. The maximum absolute atomic E-state index is 12.6. The second-order valence-electron chi connectivity index (χ2n) is 5.02. The predicted molar refractivity (Wildman–Crippen MR) is 112 cm³/mol. The standard InChI is InChI=1S/C17H15ClN2O4S3/c1-2-3-12-25-17(26-15-8-4-13(18)5-9-15)19-27(23,24)16-10-6-14(7-11-16)20(21)22/h2-11H,12H2,1H3. The molecule has 0 N–H and O–H groups in total. The van der Waals surface area contributed by atoms with Crippen LogP contribution in [0.25, 0.3) is 0 Å². The molecule has 0 atom stereocenters. The third-order valence-electron chi connectivity index (χ3n) is 3.10. The summed E-state index contributed by atoms with van der Waals surface area (Å²) in [6.07, 6.45) is 3.75. The van der Waals surface area contributed by atoms with Crippen LogP contribution in [0, 0.1) is 10.1 Å². The Bertz CT molecular complexity index is 957. The Labute approximate surface area is 170 Å². The lowest BCUT2D eigenvalue weighted by atomic mass is 10.3. The van der Waals surface area contributed by atoms with Gasteiger partial charge in [-0.05, 0) is 43.3 Å². The van der Waals surface area contributed by atoms with Crippen LogP contribution in [0.4, 0.5) is 5.69 Å². The summed E-state index contributed by atoms with van der Waals surface area (Å²) >= 11 is 8.37. The Morgan fingerprint density at radius 3 is 2.37 bits per heavy atom. The zero-order valence-corrected chi connectivity index (χ0v) is 17.3. The van der Waals surface area contributed by atoms with Gasteiger partial charge in [-0.25, -0.2) is 0 Å². The van der Waals surface area contributed by atoms with Crippen molar-refractivity contribution in [2.75, 3.05) is 5.75 Å². The van der Waals surface area contributed by atoms with Crippen molar-refractivity contribution in [1.29, 1.82) is 0 Å². The molecule has 0 aliphatic heterocycles. The molecular weight excluding hydrogens is 428 g/mol. The molecule has 0 aliphatic rings. The van der Waals surface area contributed by atoms with E-state index >= 15 is 0 Å². The number of nitrogens with zero attached hydrogens (tertiary/aromatic N) is 2. The molecule has 0 aliphatic carbocycles. The number of sulfonamides is 1. The van der Waals surface area contributed by atoms with Crippen LogP contribution in [-0.4, -0.2) is 23.5 Å². The zero-order valence-electron chi connectivity index (χ0n) is 14.1. The summed E-state index contributed by atoms with van der Waals surface area (Å²) in [5.74, 6) is 0.561. The van der Waals surface area contributed by atoms with E-state index in [1.807, 2.05) is 19.1 Å². The van der Waals surface area contributed by atoms with Gasteiger partial charge in [-0.3, -0.25) is 10.1 Å². The van der Waals surface area contributed by atoms with Crippen LogP contribution >= 0.6 is 35.1 Å². The predicted octanol–water partition coefficient (Wildman–Crippen LogP) is 5.39. The van der Waals surface area contributed by atoms with Crippen molar-refractivity contribution in [3.05, 3.63) is 75.8 Å². The van der Waals surface area contributed by atoms with Crippen LogP contribution in [0.3, 0.4) is 0 Å². The summed E-state index contributed by atoms with van der Waals surface area (Å²) in [6, 6.07) is 11.6. The van der Waals surface area contributed by atoms with Crippen LogP contribution in [-0.2, 0) is 10.0 Å². The number of allylic oxidation sites excluding steroid dienone is 1. The van der Waals surface area contributed by atoms with Gasteiger partial charge in [-0.1, -0.05) is 47.3 Å². The average molecular weight is 443 g/mol. The Morgan fingerprint density at radius 1 is 1.19 bits per heavy atom. The second kappa shape index (κ2) is 9.93. The summed E-state index contributed by atoms with van der Waals surface area (Å²) in [6.45, 7) is 1.87. The monoisotopic (exact) mass is 442 g/mol. The fourth-order valence-corrected chi connectivity index (χ4v) is 5.27. The highest BCUT2D eigenvalue weighted by atomic mass is 35.5. The van der Waals surface area contributed by atoms with E-state index in [-0.39, 0.29) is 10.6 Å². The molecule has 0 radical (unpaired) electrons. The third kappa shape index (κ3) is 6.69. The molecule has 6 nitrogen and oxygen atoms in total. The smallest absolute Gasteiger partial charge is 0.258 e. The number of non-ortho nitro benzene ring substituents is 1. The van der Waals surface area contributed by atoms with E-state index < -0.39 is 14.9 Å². The molecule has 0 saturated heterocycles. The van der Waals surface area contributed by atoms with Crippen molar-refractivity contribution in [2.24, 2.45) is 4.40 Å². The Morgan fingerprint density at radius 2 is 1.81 bits per heavy atom. The first-order valence-electron chi connectivity index (χ1n) is 7.58. The third-order valence-corrected chi connectivity index (χ3v) is 6.95. The van der Waals surface area contributed by atoms with Crippen LogP contribution < -0.4 is 0 Å². The van der Waals surface area contributed by atoms with Crippen molar-refractivity contribution < 1.29 is 13.3 Å². The number of rotatable bonds is 6. The molecule has 2 rings (SSSR count). The maximum atomic E-state index is 12.6. The van der Waals surface area contributed by atoms with E-state index in [1.165, 1.54) is 35.7 Å². The molecule has 0 spiro atoms. The average Bonchev–Trinajstić information content (AvgIpc) is 2.63. The number of thioether (sulfide) groups is 2. The van der Waals surface area contributed by atoms with E-state index in [9.17, 15) is 18.5 Å². The summed E-state index contributed by atoms with van der Waals surface area (Å²) in [5, 5.41) is 11.3.